The van der Waals surface area contributed by atoms with Crippen molar-refractivity contribution in [3.63, 3.8) is 0 Å². The number of carbonyl (C=O) groups is 4. The lowest BCUT2D eigenvalue weighted by Crippen LogP contribution is -2.47. The number of likely N-dealkylation sites (tertiary alicyclic amines) is 1. The summed E-state index contributed by atoms with van der Waals surface area (Å²) >= 11 is 0. The molecule has 2 aliphatic rings. The monoisotopic (exact) mass is 513 g/mol. The van der Waals surface area contributed by atoms with Crippen LogP contribution in [0.5, 0.6) is 0 Å². The van der Waals surface area contributed by atoms with E-state index in [1.807, 2.05) is 34.6 Å². The van der Waals surface area contributed by atoms with Gasteiger partial charge in [0, 0.05) is 18.6 Å². The van der Waals surface area contributed by atoms with Crippen LogP contribution >= 0.6 is 0 Å². The first-order valence-electron chi connectivity index (χ1n) is 11.8. The lowest BCUT2D eigenvalue weighted by atomic mass is 10.0. The Morgan fingerprint density at radius 3 is 1.77 bits per heavy atom. The molecule has 11 heteroatoms. The first kappa shape index (κ1) is 37.2. The van der Waals surface area contributed by atoms with E-state index >= 15 is 0 Å². The van der Waals surface area contributed by atoms with Gasteiger partial charge in [0.15, 0.2) is 0 Å². The number of rotatable bonds is 5. The van der Waals surface area contributed by atoms with Crippen LogP contribution in [-0.4, -0.2) is 68.1 Å². The second-order valence-electron chi connectivity index (χ2n) is 9.42. The molecule has 0 radical (unpaired) electrons. The highest BCUT2D eigenvalue weighted by Crippen LogP contribution is 2.64. The maximum absolute atomic E-state index is 12.0. The summed E-state index contributed by atoms with van der Waals surface area (Å²) in [5.74, 6) is -0.856. The van der Waals surface area contributed by atoms with E-state index in [2.05, 4.69) is 44.7 Å². The van der Waals surface area contributed by atoms with Crippen LogP contribution < -0.4 is 10.6 Å². The number of ether oxygens (including phenoxy) is 1. The Morgan fingerprint density at radius 1 is 1.11 bits per heavy atom. The van der Waals surface area contributed by atoms with Crippen LogP contribution in [0.25, 0.3) is 0 Å². The molecule has 2 fully saturated rings. The molecule has 3 atom stereocenters. The SMILES string of the molecule is CC.CC(C)C.CC(C)NC=O.COC=O.C[C@@H]1C2C(CN1C(=O)CNC(=O)C(F)(F)F)C2(C)C. The summed E-state index contributed by atoms with van der Waals surface area (Å²) in [5, 5.41) is 4.14. The van der Waals surface area contributed by atoms with Crippen molar-refractivity contribution >= 4 is 24.7 Å². The van der Waals surface area contributed by atoms with Gasteiger partial charge in [-0.15, -0.1) is 0 Å². The second-order valence-corrected chi connectivity index (χ2v) is 9.42. The molecular weight excluding hydrogens is 467 g/mol. The van der Waals surface area contributed by atoms with Gasteiger partial charge in [0.25, 0.3) is 6.47 Å². The van der Waals surface area contributed by atoms with Gasteiger partial charge in [0.2, 0.25) is 12.3 Å². The number of hydrogen-bond acceptors (Lipinski definition) is 5. The predicted molar refractivity (Wildman–Crippen MR) is 130 cm³/mol. The lowest BCUT2D eigenvalue weighted by Gasteiger charge is -2.28. The first-order valence-corrected chi connectivity index (χ1v) is 11.8. The Labute approximate surface area is 208 Å². The number of amides is 3. The summed E-state index contributed by atoms with van der Waals surface area (Å²) in [6, 6.07) is 0.304. The minimum Gasteiger partial charge on any atom is -0.471 e. The van der Waals surface area contributed by atoms with Gasteiger partial charge in [0.1, 0.15) is 0 Å². The van der Waals surface area contributed by atoms with Gasteiger partial charge < -0.3 is 20.3 Å². The van der Waals surface area contributed by atoms with Gasteiger partial charge >= 0.3 is 12.1 Å². The summed E-state index contributed by atoms with van der Waals surface area (Å²) in [6.07, 6.45) is -4.24. The third kappa shape index (κ3) is 15.3. The van der Waals surface area contributed by atoms with Crippen molar-refractivity contribution < 1.29 is 37.1 Å². The van der Waals surface area contributed by atoms with Crippen molar-refractivity contribution in [1.29, 1.82) is 0 Å². The normalized spacial score (nSPS) is 20.6. The molecule has 1 aliphatic carbocycles. The highest BCUT2D eigenvalue weighted by molar-refractivity contribution is 5.87. The topological polar surface area (TPSA) is 105 Å². The van der Waals surface area contributed by atoms with Crippen LogP contribution in [-0.2, 0) is 23.9 Å². The van der Waals surface area contributed by atoms with E-state index in [4.69, 9.17) is 4.79 Å². The summed E-state index contributed by atoms with van der Waals surface area (Å²) in [5.41, 5.74) is 0.214. The molecule has 1 saturated heterocycles. The third-order valence-electron chi connectivity index (χ3n) is 5.02. The zero-order valence-electron chi connectivity index (χ0n) is 23.1. The molecule has 0 aromatic heterocycles. The van der Waals surface area contributed by atoms with E-state index in [9.17, 15) is 27.6 Å². The Balaban J connectivity index is -0.000000527. The minimum atomic E-state index is -4.94. The molecule has 0 aromatic carbocycles. The van der Waals surface area contributed by atoms with Crippen molar-refractivity contribution in [2.45, 2.75) is 87.5 Å². The van der Waals surface area contributed by atoms with Gasteiger partial charge in [0.05, 0.1) is 13.7 Å². The fourth-order valence-electron chi connectivity index (χ4n) is 3.49. The maximum Gasteiger partial charge on any atom is 0.471 e. The van der Waals surface area contributed by atoms with Crippen molar-refractivity contribution in [2.75, 3.05) is 20.2 Å². The van der Waals surface area contributed by atoms with E-state index in [0.717, 1.165) is 5.92 Å². The quantitative estimate of drug-likeness (QED) is 0.545. The number of alkyl halides is 3. The molecule has 0 aromatic rings. The number of nitrogens with zero attached hydrogens (tertiary/aromatic N) is 1. The third-order valence-corrected chi connectivity index (χ3v) is 5.02. The average molecular weight is 514 g/mol. The molecule has 35 heavy (non-hydrogen) atoms. The van der Waals surface area contributed by atoms with Crippen molar-refractivity contribution in [2.24, 2.45) is 23.2 Å². The lowest BCUT2D eigenvalue weighted by molar-refractivity contribution is -0.174. The van der Waals surface area contributed by atoms with Crippen LogP contribution in [0.3, 0.4) is 0 Å². The fourth-order valence-corrected chi connectivity index (χ4v) is 3.49. The zero-order chi connectivity index (χ0) is 28.6. The smallest absolute Gasteiger partial charge is 0.471 e. The number of hydrogen-bond donors (Lipinski definition) is 2. The molecule has 8 nitrogen and oxygen atoms in total. The number of piperidine rings is 1. The summed E-state index contributed by atoms with van der Waals surface area (Å²) in [6.45, 7) is 20.8. The van der Waals surface area contributed by atoms with Crippen LogP contribution in [0.2, 0.25) is 0 Å². The highest BCUT2D eigenvalue weighted by Gasteiger charge is 2.66. The minimum absolute atomic E-state index is 0.0234. The summed E-state index contributed by atoms with van der Waals surface area (Å²) < 4.78 is 39.8. The van der Waals surface area contributed by atoms with Crippen molar-refractivity contribution in [3.8, 4) is 0 Å². The largest absolute Gasteiger partial charge is 0.471 e. The fraction of sp³-hybridized carbons (Fsp3) is 0.833. The molecule has 1 aliphatic heterocycles. The predicted octanol–water partition coefficient (Wildman–Crippen LogP) is 3.79. The van der Waals surface area contributed by atoms with Crippen LogP contribution in [0.1, 0.15) is 69.2 Å². The number of nitrogens with one attached hydrogen (secondary N) is 2. The van der Waals surface area contributed by atoms with Gasteiger partial charge in [-0.25, -0.2) is 0 Å². The Bertz CT molecular complexity index is 623. The van der Waals surface area contributed by atoms with Gasteiger partial charge in [-0.1, -0.05) is 48.5 Å². The Kier molecular flexibility index (Phi) is 19.2. The molecule has 0 bridgehead atoms. The summed E-state index contributed by atoms with van der Waals surface area (Å²) in [4.78, 5) is 42.5. The van der Waals surface area contributed by atoms with E-state index < -0.39 is 24.5 Å². The van der Waals surface area contributed by atoms with E-state index in [1.165, 1.54) is 7.11 Å². The Morgan fingerprint density at radius 2 is 1.54 bits per heavy atom. The zero-order valence-corrected chi connectivity index (χ0v) is 23.1. The molecule has 2 unspecified atom stereocenters. The molecule has 0 spiro atoms. The van der Waals surface area contributed by atoms with Gasteiger partial charge in [-0.3, -0.25) is 19.2 Å². The van der Waals surface area contributed by atoms with Crippen molar-refractivity contribution in [1.82, 2.24) is 15.5 Å². The summed E-state index contributed by atoms with van der Waals surface area (Å²) in [7, 11) is 1.31. The first-order chi connectivity index (χ1) is 16.0. The average Bonchev–Trinajstić information content (AvgIpc) is 3.08. The number of carbonyl (C=O) groups excluding carboxylic acids is 4. The number of methoxy groups -OCH3 is 1. The van der Waals surface area contributed by atoms with Gasteiger partial charge in [-0.05, 0) is 43.9 Å². The van der Waals surface area contributed by atoms with E-state index in [0.29, 0.717) is 31.3 Å². The highest BCUT2D eigenvalue weighted by atomic mass is 19.4. The Hall–Kier alpha value is -2.33. The molecule has 3 amide bonds. The molecule has 1 heterocycles. The van der Waals surface area contributed by atoms with Crippen LogP contribution in [0.4, 0.5) is 13.2 Å². The van der Waals surface area contributed by atoms with Crippen LogP contribution in [0, 0.1) is 23.2 Å². The van der Waals surface area contributed by atoms with Gasteiger partial charge in [-0.2, -0.15) is 13.2 Å². The maximum atomic E-state index is 12.0. The molecule has 1 saturated carbocycles. The van der Waals surface area contributed by atoms with E-state index in [-0.39, 0.29) is 17.5 Å². The number of fused-ring (bicyclic) bond motifs is 1. The van der Waals surface area contributed by atoms with E-state index in [1.54, 1.807) is 10.2 Å². The molecular formula is C24H46F3N3O5. The van der Waals surface area contributed by atoms with Crippen molar-refractivity contribution in [3.05, 3.63) is 0 Å². The molecule has 208 valence electrons. The number of halogens is 3. The van der Waals surface area contributed by atoms with Crippen LogP contribution in [0.15, 0.2) is 0 Å². The molecule has 2 rings (SSSR count). The molecule has 2 N–H and O–H groups in total. The standard InChI is InChI=1S/C12H17F3N2O2.C4H9NO.C4H10.C2H4O2.C2H6/c1-6-9-7(11(9,2)3)5-17(6)8(18)4-16-10(19)12(13,14)15;1-4(2)5-3-6;1-4(2)3;1-4-2-3;1-2/h6-7,9H,4-5H2,1-3H3,(H,16,19);3-4H,1-2H3,(H,5,6);4H,1-3H3;2H,1H3;1-2H3/t6-,7?,9?;;;;/m1..../s1. The second kappa shape index (κ2) is 18.0.